The van der Waals surface area contributed by atoms with Crippen molar-refractivity contribution in [3.63, 3.8) is 0 Å². The summed E-state index contributed by atoms with van der Waals surface area (Å²) in [5, 5.41) is 0. The predicted molar refractivity (Wildman–Crippen MR) is 50.0 cm³/mol. The van der Waals surface area contributed by atoms with Gasteiger partial charge >= 0.3 is 0 Å². The minimum Gasteiger partial charge on any atom is -0.294 e. The van der Waals surface area contributed by atoms with Crippen molar-refractivity contribution >= 4 is 0 Å². The van der Waals surface area contributed by atoms with Crippen LogP contribution in [0.15, 0.2) is 12.2 Å². The summed E-state index contributed by atoms with van der Waals surface area (Å²) in [5.41, 5.74) is 0.543. The lowest BCUT2D eigenvalue weighted by atomic mass is 9.79. The zero-order chi connectivity index (χ0) is 8.02. The largest absolute Gasteiger partial charge is 0.294 e. The topological polar surface area (TPSA) is 3.24 Å². The van der Waals surface area contributed by atoms with Crippen LogP contribution in [0.3, 0.4) is 0 Å². The van der Waals surface area contributed by atoms with E-state index in [9.17, 15) is 0 Å². The average Bonchev–Trinajstić information content (AvgIpc) is 2.35. The summed E-state index contributed by atoms with van der Waals surface area (Å²) in [6, 6.07) is 0. The molecule has 66 valence electrons. The molecule has 2 aliphatic heterocycles. The molecule has 0 aromatic rings. The summed E-state index contributed by atoms with van der Waals surface area (Å²) in [5.74, 6) is 1.03. The lowest BCUT2D eigenvalue weighted by molar-refractivity contribution is 0.164. The van der Waals surface area contributed by atoms with E-state index in [2.05, 4.69) is 17.1 Å². The van der Waals surface area contributed by atoms with Gasteiger partial charge in [-0.25, -0.2) is 0 Å². The minimum atomic E-state index is 0.543. The quantitative estimate of drug-likeness (QED) is 0.495. The van der Waals surface area contributed by atoms with E-state index in [1.807, 2.05) is 0 Å². The van der Waals surface area contributed by atoms with E-state index in [1.165, 1.54) is 45.2 Å². The number of hydrogen-bond acceptors (Lipinski definition) is 1. The Bertz CT molecular complexity index is 221. The van der Waals surface area contributed by atoms with Crippen LogP contribution in [0.4, 0.5) is 0 Å². The first-order chi connectivity index (χ1) is 5.89. The summed E-state index contributed by atoms with van der Waals surface area (Å²) in [7, 11) is 0. The molecule has 2 heterocycles. The van der Waals surface area contributed by atoms with E-state index in [-0.39, 0.29) is 0 Å². The van der Waals surface area contributed by atoms with Crippen molar-refractivity contribution in [2.24, 2.45) is 5.92 Å². The first-order valence-corrected chi connectivity index (χ1v) is 5.32. The molecular weight excluding hydrogens is 146 g/mol. The Morgan fingerprint density at radius 2 is 2.42 bits per heavy atom. The molecule has 0 N–H and O–H groups in total. The summed E-state index contributed by atoms with van der Waals surface area (Å²) < 4.78 is 0. The second-order valence-electron chi connectivity index (χ2n) is 4.70. The summed E-state index contributed by atoms with van der Waals surface area (Å²) in [4.78, 5) is 2.74. The highest BCUT2D eigenvalue weighted by molar-refractivity contribution is 5.17. The molecule has 1 saturated carbocycles. The smallest absolute Gasteiger partial charge is 0.0394 e. The molecule has 0 aromatic heterocycles. The van der Waals surface area contributed by atoms with Gasteiger partial charge in [0, 0.05) is 18.6 Å². The number of hydrogen-bond donors (Lipinski definition) is 0. The van der Waals surface area contributed by atoms with Crippen molar-refractivity contribution in [2.75, 3.05) is 13.1 Å². The maximum absolute atomic E-state index is 2.74. The molecule has 3 rings (SSSR count). The van der Waals surface area contributed by atoms with Gasteiger partial charge in [-0.2, -0.15) is 0 Å². The molecule has 0 aromatic carbocycles. The van der Waals surface area contributed by atoms with Crippen LogP contribution in [0.1, 0.15) is 32.1 Å². The standard InChI is InChI=1S/C11H17N/c1-2-7-12-9-10-4-3-6-11(12,5-1)8-10/h1,5,10H,2-4,6-9H2. The number of rotatable bonds is 0. The molecule has 2 atom stereocenters. The van der Waals surface area contributed by atoms with Gasteiger partial charge in [-0.15, -0.1) is 0 Å². The van der Waals surface area contributed by atoms with Gasteiger partial charge in [0.25, 0.3) is 0 Å². The van der Waals surface area contributed by atoms with Crippen LogP contribution in [-0.2, 0) is 0 Å². The normalized spacial score (nSPS) is 46.2. The van der Waals surface area contributed by atoms with Gasteiger partial charge in [0.1, 0.15) is 0 Å². The molecule has 1 spiro atoms. The summed E-state index contributed by atoms with van der Waals surface area (Å²) in [6.07, 6.45) is 12.1. The lowest BCUT2D eigenvalue weighted by Crippen LogP contribution is -2.44. The van der Waals surface area contributed by atoms with Crippen LogP contribution in [-0.4, -0.2) is 23.5 Å². The van der Waals surface area contributed by atoms with Gasteiger partial charge in [0.15, 0.2) is 0 Å². The molecule has 0 amide bonds. The molecule has 12 heavy (non-hydrogen) atoms. The highest BCUT2D eigenvalue weighted by atomic mass is 15.2. The third-order valence-electron chi connectivity index (χ3n) is 3.97. The van der Waals surface area contributed by atoms with Gasteiger partial charge in [-0.1, -0.05) is 18.6 Å². The van der Waals surface area contributed by atoms with E-state index in [4.69, 9.17) is 0 Å². The lowest BCUT2D eigenvalue weighted by Gasteiger charge is -2.39. The van der Waals surface area contributed by atoms with E-state index in [1.54, 1.807) is 0 Å². The molecule has 3 aliphatic rings. The van der Waals surface area contributed by atoms with Crippen LogP contribution in [0.25, 0.3) is 0 Å². The molecule has 2 bridgehead atoms. The molecule has 2 fully saturated rings. The van der Waals surface area contributed by atoms with Crippen molar-refractivity contribution in [3.05, 3.63) is 12.2 Å². The SMILES string of the molecule is C1=CC23CCCC(CN2CC1)C3. The number of nitrogens with zero attached hydrogens (tertiary/aromatic N) is 1. The Labute approximate surface area is 74.4 Å². The molecule has 0 radical (unpaired) electrons. The molecule has 2 unspecified atom stereocenters. The fourth-order valence-corrected chi connectivity index (χ4v) is 3.44. The second kappa shape index (κ2) is 2.35. The van der Waals surface area contributed by atoms with Gasteiger partial charge < -0.3 is 0 Å². The van der Waals surface area contributed by atoms with Crippen LogP contribution < -0.4 is 0 Å². The fraction of sp³-hybridized carbons (Fsp3) is 0.818. The van der Waals surface area contributed by atoms with Crippen LogP contribution in [0.2, 0.25) is 0 Å². The van der Waals surface area contributed by atoms with E-state index >= 15 is 0 Å². The molecule has 1 saturated heterocycles. The molecule has 1 aliphatic carbocycles. The highest BCUT2D eigenvalue weighted by Crippen LogP contribution is 2.46. The van der Waals surface area contributed by atoms with E-state index < -0.39 is 0 Å². The Balaban J connectivity index is 1.97. The first-order valence-electron chi connectivity index (χ1n) is 5.32. The zero-order valence-electron chi connectivity index (χ0n) is 7.63. The van der Waals surface area contributed by atoms with E-state index in [0.717, 1.165) is 5.92 Å². The zero-order valence-corrected chi connectivity index (χ0v) is 7.63. The molecule has 1 nitrogen and oxygen atoms in total. The predicted octanol–water partition coefficient (Wildman–Crippen LogP) is 2.19. The third kappa shape index (κ3) is 0.832. The Morgan fingerprint density at radius 1 is 1.42 bits per heavy atom. The minimum absolute atomic E-state index is 0.543. The fourth-order valence-electron chi connectivity index (χ4n) is 3.44. The summed E-state index contributed by atoms with van der Waals surface area (Å²) in [6.45, 7) is 2.72. The Hall–Kier alpha value is -0.300. The van der Waals surface area contributed by atoms with Crippen molar-refractivity contribution in [1.82, 2.24) is 4.90 Å². The van der Waals surface area contributed by atoms with Gasteiger partial charge in [-0.05, 0) is 31.6 Å². The molecular formula is C11H17N. The maximum atomic E-state index is 2.74. The third-order valence-corrected chi connectivity index (χ3v) is 3.97. The van der Waals surface area contributed by atoms with Crippen molar-refractivity contribution in [3.8, 4) is 0 Å². The molecule has 1 heteroatoms. The van der Waals surface area contributed by atoms with Gasteiger partial charge in [0.05, 0.1) is 0 Å². The second-order valence-corrected chi connectivity index (χ2v) is 4.70. The monoisotopic (exact) mass is 163 g/mol. The van der Waals surface area contributed by atoms with Crippen molar-refractivity contribution < 1.29 is 0 Å². The Morgan fingerprint density at radius 3 is 3.42 bits per heavy atom. The van der Waals surface area contributed by atoms with Crippen LogP contribution in [0, 0.1) is 5.92 Å². The highest BCUT2D eigenvalue weighted by Gasteiger charge is 2.46. The van der Waals surface area contributed by atoms with Crippen LogP contribution >= 0.6 is 0 Å². The maximum Gasteiger partial charge on any atom is 0.0394 e. The van der Waals surface area contributed by atoms with Crippen LogP contribution in [0.5, 0.6) is 0 Å². The van der Waals surface area contributed by atoms with Crippen molar-refractivity contribution in [1.29, 1.82) is 0 Å². The summed E-state index contributed by atoms with van der Waals surface area (Å²) >= 11 is 0. The van der Waals surface area contributed by atoms with E-state index in [0.29, 0.717) is 5.54 Å². The Kier molecular flexibility index (Phi) is 1.40. The van der Waals surface area contributed by atoms with Gasteiger partial charge in [-0.3, -0.25) is 4.90 Å². The number of fused-ring (bicyclic) bond motifs is 1. The first kappa shape index (κ1) is 7.14. The average molecular weight is 163 g/mol. The van der Waals surface area contributed by atoms with Gasteiger partial charge in [0.2, 0.25) is 0 Å². The van der Waals surface area contributed by atoms with Crippen molar-refractivity contribution in [2.45, 2.75) is 37.6 Å².